The summed E-state index contributed by atoms with van der Waals surface area (Å²) in [6, 6.07) is 2.26. The van der Waals surface area contributed by atoms with Crippen molar-refractivity contribution in [3.8, 4) is 5.75 Å². The first-order valence-corrected chi connectivity index (χ1v) is 7.40. The molecule has 0 aliphatic carbocycles. The van der Waals surface area contributed by atoms with Crippen LogP contribution in [0.3, 0.4) is 0 Å². The molecule has 9 nitrogen and oxygen atoms in total. The van der Waals surface area contributed by atoms with Crippen LogP contribution in [-0.4, -0.2) is 23.4 Å². The minimum Gasteiger partial charge on any atom is -0.503 e. The largest absolute Gasteiger partial charge is 0.503 e. The zero-order chi connectivity index (χ0) is 18.2. The fourth-order valence-corrected chi connectivity index (χ4v) is 3.24. The van der Waals surface area contributed by atoms with Crippen LogP contribution in [0.2, 0.25) is 0 Å². The fraction of sp³-hybridized carbons (Fsp3) is 0. The molecule has 0 aliphatic heterocycles. The number of sulfone groups is 1. The van der Waals surface area contributed by atoms with Crippen LogP contribution in [0.5, 0.6) is 5.75 Å². The lowest BCUT2D eigenvalue weighted by molar-refractivity contribution is -0.396. The van der Waals surface area contributed by atoms with E-state index in [9.17, 15) is 37.4 Å². The molecular weight excluding hydrogens is 354 g/mol. The summed E-state index contributed by atoms with van der Waals surface area (Å²) in [6.07, 6.45) is 0. The molecule has 0 radical (unpaired) electrons. The molecule has 126 valence electrons. The topological polar surface area (TPSA) is 141 Å². The maximum absolute atomic E-state index is 13.3. The van der Waals surface area contributed by atoms with Crippen LogP contribution in [0.4, 0.5) is 20.2 Å². The Hall–Kier alpha value is -3.15. The highest BCUT2D eigenvalue weighted by atomic mass is 32.2. The Bertz CT molecular complexity index is 952. The summed E-state index contributed by atoms with van der Waals surface area (Å²) >= 11 is 0. The lowest BCUT2D eigenvalue weighted by Gasteiger charge is -2.07. The van der Waals surface area contributed by atoms with Gasteiger partial charge in [-0.3, -0.25) is 20.2 Å². The molecule has 0 unspecified atom stereocenters. The Morgan fingerprint density at radius 1 is 0.958 bits per heavy atom. The van der Waals surface area contributed by atoms with E-state index in [1.54, 1.807) is 0 Å². The Balaban J connectivity index is 2.74. The molecule has 24 heavy (non-hydrogen) atoms. The van der Waals surface area contributed by atoms with Gasteiger partial charge in [-0.05, 0) is 18.2 Å². The van der Waals surface area contributed by atoms with E-state index in [2.05, 4.69) is 0 Å². The van der Waals surface area contributed by atoms with Crippen LogP contribution in [0.1, 0.15) is 0 Å². The molecule has 0 saturated heterocycles. The van der Waals surface area contributed by atoms with Gasteiger partial charge in [0, 0.05) is 6.07 Å². The highest BCUT2D eigenvalue weighted by molar-refractivity contribution is 7.91. The molecule has 2 aromatic carbocycles. The van der Waals surface area contributed by atoms with E-state index in [1.807, 2.05) is 0 Å². The van der Waals surface area contributed by atoms with Gasteiger partial charge < -0.3 is 5.11 Å². The molecule has 0 aromatic heterocycles. The second-order valence-electron chi connectivity index (χ2n) is 4.41. The number of hydrogen-bond acceptors (Lipinski definition) is 7. The SMILES string of the molecule is O=[N+]([O-])c1ccc(S(=O)(=O)c2cc(F)c(O)c(F)c2)c([N+](=O)[O-])c1. The fourth-order valence-electron chi connectivity index (χ4n) is 1.81. The third kappa shape index (κ3) is 2.86. The molecule has 0 saturated carbocycles. The van der Waals surface area contributed by atoms with Crippen LogP contribution >= 0.6 is 0 Å². The van der Waals surface area contributed by atoms with Gasteiger partial charge in [0.1, 0.15) is 4.90 Å². The molecular formula is C12H6F2N2O7S. The van der Waals surface area contributed by atoms with Crippen LogP contribution in [0, 0.1) is 31.9 Å². The van der Waals surface area contributed by atoms with E-state index < -0.39 is 58.2 Å². The minimum atomic E-state index is -4.77. The van der Waals surface area contributed by atoms with E-state index in [-0.39, 0.29) is 12.1 Å². The number of rotatable bonds is 4. The quantitative estimate of drug-likeness (QED) is 0.651. The average Bonchev–Trinajstić information content (AvgIpc) is 2.51. The van der Waals surface area contributed by atoms with E-state index in [4.69, 9.17) is 5.11 Å². The summed E-state index contributed by atoms with van der Waals surface area (Å²) in [7, 11) is -4.77. The van der Waals surface area contributed by atoms with Crippen molar-refractivity contribution < 1.29 is 32.2 Å². The molecule has 1 N–H and O–H groups in total. The standard InChI is InChI=1S/C12H6F2N2O7S/c13-8-4-7(5-9(14)12(8)17)24(22,23)11-2-1-6(15(18)19)3-10(11)16(20)21/h1-5,17H. The summed E-state index contributed by atoms with van der Waals surface area (Å²) < 4.78 is 51.4. The second kappa shape index (κ2) is 5.81. The zero-order valence-electron chi connectivity index (χ0n) is 11.3. The van der Waals surface area contributed by atoms with E-state index in [0.29, 0.717) is 18.2 Å². The monoisotopic (exact) mass is 360 g/mol. The maximum atomic E-state index is 13.3. The van der Waals surface area contributed by atoms with Gasteiger partial charge in [0.25, 0.3) is 11.4 Å². The van der Waals surface area contributed by atoms with Gasteiger partial charge in [-0.2, -0.15) is 0 Å². The van der Waals surface area contributed by atoms with Gasteiger partial charge in [-0.1, -0.05) is 0 Å². The number of benzene rings is 2. The zero-order valence-corrected chi connectivity index (χ0v) is 12.2. The van der Waals surface area contributed by atoms with Crippen LogP contribution in [0.25, 0.3) is 0 Å². The Labute approximate surface area is 132 Å². The maximum Gasteiger partial charge on any atom is 0.295 e. The molecule has 12 heteroatoms. The van der Waals surface area contributed by atoms with Crippen LogP contribution in [0.15, 0.2) is 40.1 Å². The predicted octanol–water partition coefficient (Wildman–Crippen LogP) is 2.32. The minimum absolute atomic E-state index is 0.277. The number of aromatic hydroxyl groups is 1. The number of phenolic OH excluding ortho intramolecular Hbond substituents is 1. The van der Waals surface area contributed by atoms with E-state index in [0.717, 1.165) is 0 Å². The Morgan fingerprint density at radius 3 is 1.96 bits per heavy atom. The number of nitrogens with zero attached hydrogens (tertiary/aromatic N) is 2. The molecule has 0 spiro atoms. The van der Waals surface area contributed by atoms with Crippen molar-refractivity contribution in [1.82, 2.24) is 0 Å². The van der Waals surface area contributed by atoms with Crippen LogP contribution in [-0.2, 0) is 9.84 Å². The third-order valence-electron chi connectivity index (χ3n) is 2.94. The highest BCUT2D eigenvalue weighted by Crippen LogP contribution is 2.34. The highest BCUT2D eigenvalue weighted by Gasteiger charge is 2.31. The number of phenols is 1. The third-order valence-corrected chi connectivity index (χ3v) is 4.72. The van der Waals surface area contributed by atoms with Crippen molar-refractivity contribution in [3.05, 3.63) is 62.2 Å². The van der Waals surface area contributed by atoms with E-state index >= 15 is 0 Å². The number of non-ortho nitro benzene ring substituents is 1. The summed E-state index contributed by atoms with van der Waals surface area (Å²) in [5.74, 6) is -4.58. The number of nitro benzene ring substituents is 2. The van der Waals surface area contributed by atoms with Crippen molar-refractivity contribution in [3.63, 3.8) is 0 Å². The summed E-state index contributed by atoms with van der Waals surface area (Å²) in [6.45, 7) is 0. The van der Waals surface area contributed by atoms with Gasteiger partial charge in [-0.25, -0.2) is 17.2 Å². The van der Waals surface area contributed by atoms with Gasteiger partial charge in [0.15, 0.2) is 17.4 Å². The van der Waals surface area contributed by atoms with Gasteiger partial charge in [0.05, 0.1) is 20.8 Å². The number of hydrogen-bond donors (Lipinski definition) is 1. The van der Waals surface area contributed by atoms with Crippen LogP contribution < -0.4 is 0 Å². The second-order valence-corrected chi connectivity index (χ2v) is 6.32. The lowest BCUT2D eigenvalue weighted by Crippen LogP contribution is -2.07. The molecule has 0 fully saturated rings. The smallest absolute Gasteiger partial charge is 0.295 e. The molecule has 0 heterocycles. The lowest BCUT2D eigenvalue weighted by atomic mass is 10.3. The van der Waals surface area contributed by atoms with Crippen molar-refractivity contribution in [2.75, 3.05) is 0 Å². The molecule has 0 amide bonds. The van der Waals surface area contributed by atoms with E-state index in [1.165, 1.54) is 0 Å². The van der Waals surface area contributed by atoms with Crippen molar-refractivity contribution in [1.29, 1.82) is 0 Å². The summed E-state index contributed by atoms with van der Waals surface area (Å²) in [5.41, 5.74) is -1.86. The predicted molar refractivity (Wildman–Crippen MR) is 73.2 cm³/mol. The number of halogens is 2. The molecule has 0 atom stereocenters. The molecule has 0 bridgehead atoms. The Kier molecular flexibility index (Phi) is 4.16. The van der Waals surface area contributed by atoms with Gasteiger partial charge in [-0.15, -0.1) is 0 Å². The van der Waals surface area contributed by atoms with Crippen molar-refractivity contribution >= 4 is 21.2 Å². The Morgan fingerprint density at radius 2 is 1.50 bits per heavy atom. The first kappa shape index (κ1) is 17.2. The molecule has 0 aliphatic rings. The molecule has 2 aromatic rings. The first-order chi connectivity index (χ1) is 11.1. The van der Waals surface area contributed by atoms with Gasteiger partial charge >= 0.3 is 0 Å². The van der Waals surface area contributed by atoms with Crippen molar-refractivity contribution in [2.45, 2.75) is 9.79 Å². The first-order valence-electron chi connectivity index (χ1n) is 5.91. The van der Waals surface area contributed by atoms with Gasteiger partial charge in [0.2, 0.25) is 9.84 Å². The summed E-state index contributed by atoms with van der Waals surface area (Å²) in [4.78, 5) is 17.5. The normalized spacial score (nSPS) is 11.2. The number of nitro groups is 2. The summed E-state index contributed by atoms with van der Waals surface area (Å²) in [5, 5.41) is 30.6. The molecule has 2 rings (SSSR count). The average molecular weight is 360 g/mol. The van der Waals surface area contributed by atoms with Crippen molar-refractivity contribution in [2.24, 2.45) is 0 Å².